The molecule has 2 heterocycles. The molecule has 1 saturated carbocycles. The van der Waals surface area contributed by atoms with E-state index in [4.69, 9.17) is 0 Å². The number of aromatic nitrogens is 3. The van der Waals surface area contributed by atoms with Gasteiger partial charge in [-0.05, 0) is 31.0 Å². The number of nitrogens with one attached hydrogen (secondary N) is 2. The van der Waals surface area contributed by atoms with Crippen LogP contribution in [0.3, 0.4) is 0 Å². The van der Waals surface area contributed by atoms with E-state index in [-0.39, 0.29) is 5.91 Å². The molecule has 2 N–H and O–H groups in total. The molecule has 6 heteroatoms. The Bertz CT molecular complexity index is 870. The summed E-state index contributed by atoms with van der Waals surface area (Å²) in [6, 6.07) is 11.5. The number of hydrogen-bond acceptors (Lipinski definition) is 5. The van der Waals surface area contributed by atoms with Gasteiger partial charge in [0, 0.05) is 23.8 Å². The van der Waals surface area contributed by atoms with Gasteiger partial charge in [0.15, 0.2) is 0 Å². The summed E-state index contributed by atoms with van der Waals surface area (Å²) in [5, 5.41) is 7.04. The van der Waals surface area contributed by atoms with Gasteiger partial charge >= 0.3 is 0 Å². The second-order valence-corrected chi connectivity index (χ2v) is 5.52. The van der Waals surface area contributed by atoms with Gasteiger partial charge < -0.3 is 10.6 Å². The third-order valence-corrected chi connectivity index (χ3v) is 3.68. The summed E-state index contributed by atoms with van der Waals surface area (Å²) >= 11 is 0. The number of carbonyl (C=O) groups is 1. The Hall–Kier alpha value is -3.02. The normalized spacial score (nSPS) is 13.7. The molecule has 1 fully saturated rings. The van der Waals surface area contributed by atoms with Gasteiger partial charge in [-0.25, -0.2) is 9.97 Å². The van der Waals surface area contributed by atoms with Crippen LogP contribution >= 0.6 is 0 Å². The predicted molar refractivity (Wildman–Crippen MR) is 88.4 cm³/mol. The van der Waals surface area contributed by atoms with E-state index in [1.54, 1.807) is 18.5 Å². The minimum absolute atomic E-state index is 0.274. The second-order valence-electron chi connectivity index (χ2n) is 5.52. The average Bonchev–Trinajstić information content (AvgIpc) is 3.39. The molecule has 0 radical (unpaired) electrons. The van der Waals surface area contributed by atoms with Crippen molar-refractivity contribution in [3.8, 4) is 0 Å². The first-order valence-corrected chi connectivity index (χ1v) is 7.54. The molecular weight excluding hydrogens is 290 g/mol. The highest BCUT2D eigenvalue weighted by atomic mass is 16.1. The lowest BCUT2D eigenvalue weighted by Crippen LogP contribution is -2.16. The summed E-state index contributed by atoms with van der Waals surface area (Å²) in [4.78, 5) is 25.2. The lowest BCUT2D eigenvalue weighted by Gasteiger charge is -2.08. The number of rotatable bonds is 4. The number of carbonyl (C=O) groups excluding carboxylic acids is 1. The molecule has 1 aliphatic rings. The summed E-state index contributed by atoms with van der Waals surface area (Å²) in [5.74, 6) is 0.223. The molecule has 0 unspecified atom stereocenters. The fourth-order valence-corrected chi connectivity index (χ4v) is 2.36. The minimum Gasteiger partial charge on any atom is -0.351 e. The van der Waals surface area contributed by atoms with Crippen molar-refractivity contribution < 1.29 is 4.79 Å². The van der Waals surface area contributed by atoms with E-state index in [1.807, 2.05) is 30.3 Å². The van der Waals surface area contributed by atoms with Crippen LogP contribution < -0.4 is 10.6 Å². The molecule has 23 heavy (non-hydrogen) atoms. The molecule has 0 spiro atoms. The quantitative estimate of drug-likeness (QED) is 0.775. The molecule has 0 saturated heterocycles. The molecule has 2 aromatic heterocycles. The van der Waals surface area contributed by atoms with E-state index < -0.39 is 0 Å². The van der Waals surface area contributed by atoms with Gasteiger partial charge in [-0.15, -0.1) is 0 Å². The van der Waals surface area contributed by atoms with Gasteiger partial charge in [-0.3, -0.25) is 9.78 Å². The van der Waals surface area contributed by atoms with Crippen molar-refractivity contribution in [1.82, 2.24) is 15.0 Å². The maximum absolute atomic E-state index is 12.5. The number of para-hydroxylation sites is 1. The van der Waals surface area contributed by atoms with Crippen LogP contribution in [-0.4, -0.2) is 26.9 Å². The predicted octanol–water partition coefficient (Wildman–Crippen LogP) is 2.85. The maximum Gasteiger partial charge on any atom is 0.274 e. The molecule has 1 aliphatic carbocycles. The van der Waals surface area contributed by atoms with Crippen LogP contribution in [0.2, 0.25) is 0 Å². The molecule has 0 aliphatic heterocycles. The van der Waals surface area contributed by atoms with Gasteiger partial charge in [-0.1, -0.05) is 18.2 Å². The van der Waals surface area contributed by atoms with Crippen molar-refractivity contribution in [3.05, 3.63) is 54.5 Å². The van der Waals surface area contributed by atoms with Crippen molar-refractivity contribution in [2.75, 3.05) is 10.6 Å². The van der Waals surface area contributed by atoms with Crippen molar-refractivity contribution in [1.29, 1.82) is 0 Å². The van der Waals surface area contributed by atoms with E-state index in [0.717, 1.165) is 23.7 Å². The number of pyridine rings is 1. The first kappa shape index (κ1) is 13.6. The first-order chi connectivity index (χ1) is 11.3. The van der Waals surface area contributed by atoms with Gasteiger partial charge in [0.1, 0.15) is 5.69 Å². The van der Waals surface area contributed by atoms with Crippen molar-refractivity contribution in [3.63, 3.8) is 0 Å². The molecule has 3 aromatic rings. The van der Waals surface area contributed by atoms with E-state index >= 15 is 0 Å². The molecule has 0 atom stereocenters. The van der Waals surface area contributed by atoms with Crippen LogP contribution in [-0.2, 0) is 0 Å². The van der Waals surface area contributed by atoms with Gasteiger partial charge in [0.2, 0.25) is 5.95 Å². The highest BCUT2D eigenvalue weighted by molar-refractivity contribution is 6.07. The second kappa shape index (κ2) is 5.64. The molecule has 4 rings (SSSR count). The highest BCUT2D eigenvalue weighted by Crippen LogP contribution is 2.23. The van der Waals surface area contributed by atoms with Crippen LogP contribution in [0.25, 0.3) is 10.9 Å². The van der Waals surface area contributed by atoms with Crippen molar-refractivity contribution in [2.24, 2.45) is 0 Å². The van der Waals surface area contributed by atoms with Gasteiger partial charge in [0.25, 0.3) is 5.91 Å². The topological polar surface area (TPSA) is 79.8 Å². The zero-order valence-corrected chi connectivity index (χ0v) is 12.4. The van der Waals surface area contributed by atoms with Crippen LogP contribution in [0.1, 0.15) is 23.3 Å². The van der Waals surface area contributed by atoms with E-state index in [2.05, 4.69) is 25.6 Å². The van der Waals surface area contributed by atoms with E-state index in [9.17, 15) is 4.79 Å². The largest absolute Gasteiger partial charge is 0.351 e. The Morgan fingerprint density at radius 3 is 2.78 bits per heavy atom. The smallest absolute Gasteiger partial charge is 0.274 e. The lowest BCUT2D eigenvalue weighted by atomic mass is 10.2. The lowest BCUT2D eigenvalue weighted by molar-refractivity contribution is 0.102. The van der Waals surface area contributed by atoms with E-state index in [1.165, 1.54) is 0 Å². The first-order valence-electron chi connectivity index (χ1n) is 7.54. The SMILES string of the molecule is O=C(Nc1cccc2cccnc12)c1ccnc(NC2CC2)n1. The fourth-order valence-electron chi connectivity index (χ4n) is 2.36. The summed E-state index contributed by atoms with van der Waals surface area (Å²) in [7, 11) is 0. The summed E-state index contributed by atoms with van der Waals surface area (Å²) in [5.41, 5.74) is 1.76. The molecule has 0 bridgehead atoms. The Kier molecular flexibility index (Phi) is 3.34. The van der Waals surface area contributed by atoms with Crippen molar-refractivity contribution in [2.45, 2.75) is 18.9 Å². The molecule has 1 aromatic carbocycles. The third kappa shape index (κ3) is 2.96. The molecule has 114 valence electrons. The summed E-state index contributed by atoms with van der Waals surface area (Å²) in [6.07, 6.45) is 5.55. The van der Waals surface area contributed by atoms with E-state index in [0.29, 0.717) is 23.4 Å². The summed E-state index contributed by atoms with van der Waals surface area (Å²) < 4.78 is 0. The number of nitrogens with zero attached hydrogens (tertiary/aromatic N) is 3. The number of fused-ring (bicyclic) bond motifs is 1. The molecular formula is C17H15N5O. The minimum atomic E-state index is -0.274. The van der Waals surface area contributed by atoms with Crippen LogP contribution in [0, 0.1) is 0 Å². The number of benzene rings is 1. The van der Waals surface area contributed by atoms with Crippen molar-refractivity contribution >= 4 is 28.4 Å². The average molecular weight is 305 g/mol. The van der Waals surface area contributed by atoms with Crippen LogP contribution in [0.15, 0.2) is 48.8 Å². The zero-order chi connectivity index (χ0) is 15.6. The Morgan fingerprint density at radius 1 is 1.04 bits per heavy atom. The molecule has 1 amide bonds. The number of hydrogen-bond donors (Lipinski definition) is 2. The standard InChI is InChI=1S/C17H15N5O/c23-16(14-8-10-19-17(22-14)20-12-6-7-12)21-13-5-1-3-11-4-2-9-18-15(11)13/h1-5,8-10,12H,6-7H2,(H,21,23)(H,19,20,22). The van der Waals surface area contributed by atoms with Crippen LogP contribution in [0.4, 0.5) is 11.6 Å². The monoisotopic (exact) mass is 305 g/mol. The van der Waals surface area contributed by atoms with Gasteiger partial charge in [0.05, 0.1) is 11.2 Å². The highest BCUT2D eigenvalue weighted by Gasteiger charge is 2.22. The van der Waals surface area contributed by atoms with Crippen LogP contribution in [0.5, 0.6) is 0 Å². The maximum atomic E-state index is 12.5. The fraction of sp³-hybridized carbons (Fsp3) is 0.176. The number of anilines is 2. The van der Waals surface area contributed by atoms with Gasteiger partial charge in [-0.2, -0.15) is 0 Å². The third-order valence-electron chi connectivity index (χ3n) is 3.68. The zero-order valence-electron chi connectivity index (χ0n) is 12.4. The number of amides is 1. The Morgan fingerprint density at radius 2 is 1.91 bits per heavy atom. The Labute approximate surface area is 133 Å². The molecule has 6 nitrogen and oxygen atoms in total. The summed E-state index contributed by atoms with van der Waals surface area (Å²) in [6.45, 7) is 0. The Balaban J connectivity index is 1.59.